The number of halogens is 4. The second kappa shape index (κ2) is 5.43. The molecule has 0 saturated heterocycles. The van der Waals surface area contributed by atoms with Gasteiger partial charge in [0.15, 0.2) is 24.1 Å². The van der Waals surface area contributed by atoms with Crippen molar-refractivity contribution >= 4 is 12.2 Å². The number of rotatable bonds is 4. The fourth-order valence-electron chi connectivity index (χ4n) is 1.47. The molecule has 1 nitrogen and oxygen atoms in total. The molecular weight excluding hydrogens is 235 g/mol. The van der Waals surface area contributed by atoms with E-state index in [0.717, 1.165) is 0 Å². The van der Waals surface area contributed by atoms with E-state index in [4.69, 9.17) is 0 Å². The number of ether oxygens (including phenoxy) is 1. The van der Waals surface area contributed by atoms with E-state index in [9.17, 15) is 17.6 Å². The molecule has 0 aliphatic carbocycles. The summed E-state index contributed by atoms with van der Waals surface area (Å²) in [6.45, 7) is 3.96. The molecule has 0 fully saturated rings. The molecule has 0 aromatic heterocycles. The first-order valence-electron chi connectivity index (χ1n) is 5.40. The van der Waals surface area contributed by atoms with Gasteiger partial charge in [-0.05, 0) is 11.9 Å². The Hall–Kier alpha value is -1.20. The van der Waals surface area contributed by atoms with E-state index in [2.05, 4.69) is 4.74 Å². The minimum atomic E-state index is -1.47. The summed E-state index contributed by atoms with van der Waals surface area (Å²) >= 11 is 0. The van der Waals surface area contributed by atoms with Gasteiger partial charge in [0.05, 0.1) is 6.61 Å². The lowest BCUT2D eigenvalue weighted by Gasteiger charge is -2.13. The molecule has 0 aliphatic heterocycles. The largest absolute Gasteiger partial charge is 0.487 e. The zero-order valence-corrected chi connectivity index (χ0v) is 9.91. The molecule has 94 valence electrons. The van der Waals surface area contributed by atoms with Crippen molar-refractivity contribution in [2.45, 2.75) is 27.0 Å². The predicted molar refractivity (Wildman–Crippen MR) is 59.2 cm³/mol. The van der Waals surface area contributed by atoms with Crippen LogP contribution in [0.25, 0.3) is 0 Å². The SMILES string of the molecule is CCCOc1c(F)c(F)c(B(C)C)c(F)c1F. The van der Waals surface area contributed by atoms with Crippen LogP contribution in [0.4, 0.5) is 17.6 Å². The maximum atomic E-state index is 13.5. The van der Waals surface area contributed by atoms with Gasteiger partial charge in [0.25, 0.3) is 0 Å². The highest BCUT2D eigenvalue weighted by molar-refractivity contribution is 6.70. The highest BCUT2D eigenvalue weighted by Gasteiger charge is 2.28. The maximum Gasteiger partial charge on any atom is 0.203 e. The average molecular weight is 248 g/mol. The summed E-state index contributed by atoms with van der Waals surface area (Å²) in [5.74, 6) is -6.69. The van der Waals surface area contributed by atoms with Gasteiger partial charge in [0.2, 0.25) is 11.6 Å². The third kappa shape index (κ3) is 2.56. The number of hydrogen-bond acceptors (Lipinski definition) is 1. The van der Waals surface area contributed by atoms with Crippen molar-refractivity contribution in [3.05, 3.63) is 23.3 Å². The number of hydrogen-bond donors (Lipinski definition) is 0. The zero-order valence-electron chi connectivity index (χ0n) is 9.91. The first-order chi connectivity index (χ1) is 7.91. The van der Waals surface area contributed by atoms with E-state index in [1.807, 2.05) is 0 Å². The van der Waals surface area contributed by atoms with Gasteiger partial charge in [-0.1, -0.05) is 20.6 Å². The Morgan fingerprint density at radius 2 is 1.41 bits per heavy atom. The van der Waals surface area contributed by atoms with Crippen LogP contribution in [0, 0.1) is 23.3 Å². The minimum absolute atomic E-state index is 0.00621. The third-order valence-electron chi connectivity index (χ3n) is 2.28. The van der Waals surface area contributed by atoms with E-state index < -0.39 is 41.2 Å². The standard InChI is InChI=1S/C11H13BF4O/c1-4-5-17-11-9(15)7(13)6(12(2)3)8(14)10(11)16/h4-5H2,1-3H3. The van der Waals surface area contributed by atoms with Crippen molar-refractivity contribution in [1.82, 2.24) is 0 Å². The van der Waals surface area contributed by atoms with E-state index in [-0.39, 0.29) is 6.61 Å². The molecule has 6 heteroatoms. The van der Waals surface area contributed by atoms with Gasteiger partial charge in [-0.25, -0.2) is 8.78 Å². The summed E-state index contributed by atoms with van der Waals surface area (Å²) in [6.07, 6.45) is 0.480. The summed E-state index contributed by atoms with van der Waals surface area (Å²) in [5.41, 5.74) is -0.594. The third-order valence-corrected chi connectivity index (χ3v) is 2.28. The Morgan fingerprint density at radius 3 is 1.76 bits per heavy atom. The lowest BCUT2D eigenvalue weighted by atomic mass is 9.49. The van der Waals surface area contributed by atoms with E-state index in [0.29, 0.717) is 6.42 Å². The van der Waals surface area contributed by atoms with Gasteiger partial charge in [0.1, 0.15) is 0 Å². The van der Waals surface area contributed by atoms with Crippen molar-refractivity contribution in [2.75, 3.05) is 6.61 Å². The molecular formula is C11H13BF4O. The van der Waals surface area contributed by atoms with Crippen LogP contribution in [0.3, 0.4) is 0 Å². The Labute approximate surface area is 97.9 Å². The van der Waals surface area contributed by atoms with E-state index in [1.54, 1.807) is 6.92 Å². The van der Waals surface area contributed by atoms with Gasteiger partial charge in [-0.15, -0.1) is 0 Å². The zero-order chi connectivity index (χ0) is 13.2. The van der Waals surface area contributed by atoms with Crippen LogP contribution in [0.5, 0.6) is 5.75 Å². The van der Waals surface area contributed by atoms with Crippen molar-refractivity contribution in [3.8, 4) is 5.75 Å². The Morgan fingerprint density at radius 1 is 0.941 bits per heavy atom. The second-order valence-corrected chi connectivity index (χ2v) is 4.00. The summed E-state index contributed by atoms with van der Waals surface area (Å²) in [7, 11) is 0. The van der Waals surface area contributed by atoms with E-state index >= 15 is 0 Å². The van der Waals surface area contributed by atoms with Gasteiger partial charge in [0, 0.05) is 0 Å². The minimum Gasteiger partial charge on any atom is -0.487 e. The van der Waals surface area contributed by atoms with Gasteiger partial charge >= 0.3 is 0 Å². The first kappa shape index (κ1) is 13.9. The van der Waals surface area contributed by atoms with Gasteiger partial charge < -0.3 is 4.74 Å². The predicted octanol–water partition coefficient (Wildman–Crippen LogP) is 2.99. The molecule has 0 bridgehead atoms. The maximum absolute atomic E-state index is 13.5. The summed E-state index contributed by atoms with van der Waals surface area (Å²) in [6, 6.07) is 0. The van der Waals surface area contributed by atoms with Crippen LogP contribution in [0.2, 0.25) is 13.6 Å². The molecule has 0 N–H and O–H groups in total. The molecule has 0 heterocycles. The molecule has 1 aromatic carbocycles. The lowest BCUT2D eigenvalue weighted by molar-refractivity contribution is 0.273. The van der Waals surface area contributed by atoms with Crippen LogP contribution in [0.15, 0.2) is 0 Å². The lowest BCUT2D eigenvalue weighted by Crippen LogP contribution is -2.32. The molecule has 1 rings (SSSR count). The van der Waals surface area contributed by atoms with Crippen LogP contribution in [-0.2, 0) is 0 Å². The molecule has 0 radical (unpaired) electrons. The molecule has 0 atom stereocenters. The smallest absolute Gasteiger partial charge is 0.203 e. The fourth-order valence-corrected chi connectivity index (χ4v) is 1.47. The quantitative estimate of drug-likeness (QED) is 0.452. The average Bonchev–Trinajstić information content (AvgIpc) is 2.26. The van der Waals surface area contributed by atoms with Crippen molar-refractivity contribution in [1.29, 1.82) is 0 Å². The highest BCUT2D eigenvalue weighted by atomic mass is 19.2. The molecule has 0 spiro atoms. The molecule has 0 saturated carbocycles. The summed E-state index contributed by atoms with van der Waals surface area (Å²) < 4.78 is 58.7. The molecule has 0 amide bonds. The summed E-state index contributed by atoms with van der Waals surface area (Å²) in [4.78, 5) is 0. The second-order valence-electron chi connectivity index (χ2n) is 4.00. The first-order valence-corrected chi connectivity index (χ1v) is 5.40. The summed E-state index contributed by atoms with van der Waals surface area (Å²) in [5, 5.41) is 0. The normalized spacial score (nSPS) is 10.5. The van der Waals surface area contributed by atoms with Crippen molar-refractivity contribution < 1.29 is 22.3 Å². The fraction of sp³-hybridized carbons (Fsp3) is 0.455. The van der Waals surface area contributed by atoms with E-state index in [1.165, 1.54) is 13.6 Å². The molecule has 1 aromatic rings. The monoisotopic (exact) mass is 248 g/mol. The Balaban J connectivity index is 3.36. The Bertz CT molecular complexity index is 391. The molecule has 0 aliphatic rings. The topological polar surface area (TPSA) is 9.23 Å². The van der Waals surface area contributed by atoms with Crippen LogP contribution < -0.4 is 10.2 Å². The number of benzene rings is 1. The van der Waals surface area contributed by atoms with Gasteiger partial charge in [-0.2, -0.15) is 8.78 Å². The molecule has 17 heavy (non-hydrogen) atoms. The molecule has 0 unspecified atom stereocenters. The van der Waals surface area contributed by atoms with Crippen molar-refractivity contribution in [3.63, 3.8) is 0 Å². The van der Waals surface area contributed by atoms with Crippen molar-refractivity contribution in [2.24, 2.45) is 0 Å². The Kier molecular flexibility index (Phi) is 4.43. The highest BCUT2D eigenvalue weighted by Crippen LogP contribution is 2.25. The van der Waals surface area contributed by atoms with Gasteiger partial charge in [-0.3, -0.25) is 0 Å². The van der Waals surface area contributed by atoms with Crippen LogP contribution in [-0.4, -0.2) is 13.3 Å². The van der Waals surface area contributed by atoms with Crippen LogP contribution in [0.1, 0.15) is 13.3 Å². The van der Waals surface area contributed by atoms with Crippen LogP contribution >= 0.6 is 0 Å².